The second-order valence-electron chi connectivity index (χ2n) is 6.19. The first-order chi connectivity index (χ1) is 12.0. The molecule has 0 aliphatic rings. The Morgan fingerprint density at radius 1 is 1.20 bits per heavy atom. The third-order valence-electron chi connectivity index (χ3n) is 4.04. The molecule has 1 atom stereocenters. The van der Waals surface area contributed by atoms with Gasteiger partial charge in [-0.3, -0.25) is 4.68 Å². The molecule has 3 aromatic rings. The number of nitrogens with zero attached hydrogens (tertiary/aromatic N) is 4. The van der Waals surface area contributed by atoms with E-state index in [9.17, 15) is 5.11 Å². The lowest BCUT2D eigenvalue weighted by Crippen LogP contribution is -2.27. The number of benzene rings is 1. The molecule has 7 nitrogen and oxygen atoms in total. The molecule has 0 radical (unpaired) electrons. The average Bonchev–Trinajstić information content (AvgIpc) is 2.93. The van der Waals surface area contributed by atoms with E-state index in [0.29, 0.717) is 18.2 Å². The van der Waals surface area contributed by atoms with E-state index in [4.69, 9.17) is 4.74 Å². The van der Waals surface area contributed by atoms with Gasteiger partial charge in [-0.25, -0.2) is 9.97 Å². The second kappa shape index (κ2) is 7.06. The summed E-state index contributed by atoms with van der Waals surface area (Å²) in [5.41, 5.74) is 2.88. The number of anilines is 1. The lowest BCUT2D eigenvalue weighted by molar-refractivity contribution is 0.117. The van der Waals surface area contributed by atoms with E-state index >= 15 is 0 Å². The number of nitrogens with one attached hydrogen (secondary N) is 1. The van der Waals surface area contributed by atoms with Crippen molar-refractivity contribution in [2.75, 3.05) is 18.5 Å². The Bertz CT molecular complexity index is 870. The third-order valence-corrected chi connectivity index (χ3v) is 4.04. The number of ether oxygens (including phenoxy) is 1. The van der Waals surface area contributed by atoms with Crippen LogP contribution in [0.3, 0.4) is 0 Å². The monoisotopic (exact) mass is 341 g/mol. The molecule has 0 saturated carbocycles. The maximum absolute atomic E-state index is 10.2. The Balaban J connectivity index is 1.64. The van der Waals surface area contributed by atoms with Gasteiger partial charge in [-0.2, -0.15) is 5.10 Å². The minimum atomic E-state index is -0.666. The first-order valence-corrected chi connectivity index (χ1v) is 8.23. The number of aliphatic hydroxyl groups is 1. The fraction of sp³-hybridized carbons (Fsp3) is 0.389. The summed E-state index contributed by atoms with van der Waals surface area (Å²) in [6, 6.07) is 5.98. The molecule has 1 aromatic carbocycles. The van der Waals surface area contributed by atoms with Gasteiger partial charge in [-0.15, -0.1) is 0 Å². The van der Waals surface area contributed by atoms with Gasteiger partial charge in [0, 0.05) is 13.6 Å². The zero-order valence-electron chi connectivity index (χ0n) is 14.9. The molecule has 2 aromatic heterocycles. The van der Waals surface area contributed by atoms with E-state index in [0.717, 1.165) is 27.9 Å². The predicted molar refractivity (Wildman–Crippen MR) is 96.9 cm³/mol. The molecular weight excluding hydrogens is 318 g/mol. The van der Waals surface area contributed by atoms with Crippen LogP contribution in [0.15, 0.2) is 24.4 Å². The maximum Gasteiger partial charge on any atom is 0.163 e. The van der Waals surface area contributed by atoms with Gasteiger partial charge < -0.3 is 15.2 Å². The largest absolute Gasteiger partial charge is 0.490 e. The topological polar surface area (TPSA) is 85.1 Å². The van der Waals surface area contributed by atoms with Gasteiger partial charge >= 0.3 is 0 Å². The number of hydrogen-bond donors (Lipinski definition) is 2. The second-order valence-corrected chi connectivity index (χ2v) is 6.19. The van der Waals surface area contributed by atoms with Gasteiger partial charge in [-0.05, 0) is 31.9 Å². The highest BCUT2D eigenvalue weighted by Crippen LogP contribution is 2.23. The number of aromatic nitrogens is 4. The molecule has 0 aliphatic heterocycles. The minimum absolute atomic E-state index is 0.207. The maximum atomic E-state index is 10.2. The van der Waals surface area contributed by atoms with Crippen LogP contribution in [0.5, 0.6) is 5.75 Å². The Morgan fingerprint density at radius 3 is 2.64 bits per heavy atom. The van der Waals surface area contributed by atoms with Gasteiger partial charge in [0.1, 0.15) is 30.1 Å². The smallest absolute Gasteiger partial charge is 0.163 e. The van der Waals surface area contributed by atoms with Crippen LogP contribution in [0, 0.1) is 20.8 Å². The van der Waals surface area contributed by atoms with Crippen molar-refractivity contribution < 1.29 is 9.84 Å². The molecule has 25 heavy (non-hydrogen) atoms. The average molecular weight is 341 g/mol. The van der Waals surface area contributed by atoms with E-state index in [-0.39, 0.29) is 6.61 Å². The first-order valence-electron chi connectivity index (χ1n) is 8.23. The highest BCUT2D eigenvalue weighted by Gasteiger charge is 2.12. The number of aliphatic hydroxyl groups excluding tert-OH is 1. The van der Waals surface area contributed by atoms with Gasteiger partial charge in [0.2, 0.25) is 0 Å². The van der Waals surface area contributed by atoms with E-state index in [1.54, 1.807) is 10.9 Å². The van der Waals surface area contributed by atoms with Crippen LogP contribution < -0.4 is 10.1 Å². The summed E-state index contributed by atoms with van der Waals surface area (Å²) < 4.78 is 7.50. The number of aryl methyl sites for hydroxylation is 4. The molecule has 7 heteroatoms. The van der Waals surface area contributed by atoms with Gasteiger partial charge in [0.25, 0.3) is 0 Å². The van der Waals surface area contributed by atoms with Crippen LogP contribution >= 0.6 is 0 Å². The van der Waals surface area contributed by atoms with Crippen molar-refractivity contribution in [1.82, 2.24) is 19.7 Å². The summed E-state index contributed by atoms with van der Waals surface area (Å²) in [7, 11) is 1.84. The summed E-state index contributed by atoms with van der Waals surface area (Å²) in [6.45, 7) is 6.36. The summed E-state index contributed by atoms with van der Waals surface area (Å²) in [5, 5.41) is 18.5. The molecule has 0 fully saturated rings. The van der Waals surface area contributed by atoms with Crippen molar-refractivity contribution in [3.05, 3.63) is 41.3 Å². The number of rotatable bonds is 6. The summed E-state index contributed by atoms with van der Waals surface area (Å²) in [4.78, 5) is 8.79. The predicted octanol–water partition coefficient (Wildman–Crippen LogP) is 2.14. The molecule has 0 spiro atoms. The third kappa shape index (κ3) is 3.71. The summed E-state index contributed by atoms with van der Waals surface area (Å²) in [6.07, 6.45) is 1.05. The number of hydrogen-bond acceptors (Lipinski definition) is 6. The Hall–Kier alpha value is -2.67. The SMILES string of the molecule is Cc1nc(NC[C@@H](O)COc2c(C)cccc2C)c2cnn(C)c2n1. The minimum Gasteiger partial charge on any atom is -0.490 e. The number of para-hydroxylation sites is 1. The Morgan fingerprint density at radius 2 is 1.92 bits per heavy atom. The quantitative estimate of drug-likeness (QED) is 0.714. The molecular formula is C18H23N5O2. The standard InChI is InChI=1S/C18H23N5O2/c1-11-6-5-7-12(2)16(11)25-10-14(24)8-19-17-15-9-20-23(4)18(15)22-13(3)21-17/h5-7,9,14,24H,8,10H2,1-4H3,(H,19,21,22)/t14-/m1/s1. The van der Waals surface area contributed by atoms with Crippen molar-refractivity contribution in [2.24, 2.45) is 7.05 Å². The van der Waals surface area contributed by atoms with E-state index in [1.165, 1.54) is 0 Å². The van der Waals surface area contributed by atoms with Gasteiger partial charge in [0.05, 0.1) is 11.6 Å². The van der Waals surface area contributed by atoms with Crippen LogP contribution in [0.1, 0.15) is 17.0 Å². The van der Waals surface area contributed by atoms with Crippen LogP contribution in [0.4, 0.5) is 5.82 Å². The van der Waals surface area contributed by atoms with Crippen molar-refractivity contribution in [3.8, 4) is 5.75 Å². The molecule has 0 aliphatic carbocycles. The van der Waals surface area contributed by atoms with Gasteiger partial charge in [-0.1, -0.05) is 18.2 Å². The van der Waals surface area contributed by atoms with E-state index in [1.807, 2.05) is 46.0 Å². The van der Waals surface area contributed by atoms with E-state index < -0.39 is 6.10 Å². The highest BCUT2D eigenvalue weighted by molar-refractivity contribution is 5.86. The lowest BCUT2D eigenvalue weighted by atomic mass is 10.1. The summed E-state index contributed by atoms with van der Waals surface area (Å²) in [5.74, 6) is 2.15. The van der Waals surface area contributed by atoms with Crippen LogP contribution in [0.2, 0.25) is 0 Å². The molecule has 3 rings (SSSR count). The molecule has 0 bridgehead atoms. The Kier molecular flexibility index (Phi) is 4.85. The van der Waals surface area contributed by atoms with Crippen LogP contribution in [-0.2, 0) is 7.05 Å². The molecule has 2 heterocycles. The van der Waals surface area contributed by atoms with Gasteiger partial charge in [0.15, 0.2) is 5.65 Å². The summed E-state index contributed by atoms with van der Waals surface area (Å²) >= 11 is 0. The lowest BCUT2D eigenvalue weighted by Gasteiger charge is -2.16. The Labute approximate surface area is 146 Å². The fourth-order valence-electron chi connectivity index (χ4n) is 2.75. The molecule has 2 N–H and O–H groups in total. The molecule has 132 valence electrons. The molecule has 0 unspecified atom stereocenters. The molecule has 0 amide bonds. The van der Waals surface area contributed by atoms with Crippen molar-refractivity contribution in [2.45, 2.75) is 26.9 Å². The van der Waals surface area contributed by atoms with E-state index in [2.05, 4.69) is 20.4 Å². The van der Waals surface area contributed by atoms with Crippen molar-refractivity contribution >= 4 is 16.9 Å². The van der Waals surface area contributed by atoms with Crippen LogP contribution in [0.25, 0.3) is 11.0 Å². The zero-order chi connectivity index (χ0) is 18.0. The zero-order valence-corrected chi connectivity index (χ0v) is 14.9. The van der Waals surface area contributed by atoms with Crippen molar-refractivity contribution in [1.29, 1.82) is 0 Å². The van der Waals surface area contributed by atoms with Crippen molar-refractivity contribution in [3.63, 3.8) is 0 Å². The highest BCUT2D eigenvalue weighted by atomic mass is 16.5. The normalized spacial score (nSPS) is 12.4. The van der Waals surface area contributed by atoms with Crippen LogP contribution in [-0.4, -0.2) is 44.1 Å². The molecule has 0 saturated heterocycles. The fourth-order valence-corrected chi connectivity index (χ4v) is 2.75. The first kappa shape index (κ1) is 17.2. The number of fused-ring (bicyclic) bond motifs is 1.